The second-order valence-electron chi connectivity index (χ2n) is 4.16. The van der Waals surface area contributed by atoms with Crippen LogP contribution in [0.3, 0.4) is 0 Å². The van der Waals surface area contributed by atoms with Crippen molar-refractivity contribution in [3.05, 3.63) is 72.0 Å². The van der Waals surface area contributed by atoms with Crippen molar-refractivity contribution in [1.29, 1.82) is 0 Å². The summed E-state index contributed by atoms with van der Waals surface area (Å²) in [5.41, 5.74) is 3.78. The standard InChI is InChI=1S/C16H11ClN2/c17-14-8-6-13(7-9-14)16-11-18-10-15(19-16)12-4-2-1-3-5-12/h1-11H. The number of hydrogen-bond acceptors (Lipinski definition) is 2. The quantitative estimate of drug-likeness (QED) is 0.684. The average Bonchev–Trinajstić information content (AvgIpc) is 2.49. The first-order valence-electron chi connectivity index (χ1n) is 5.96. The molecule has 0 atom stereocenters. The summed E-state index contributed by atoms with van der Waals surface area (Å²) in [4.78, 5) is 8.90. The second kappa shape index (κ2) is 5.21. The molecule has 3 rings (SSSR count). The van der Waals surface area contributed by atoms with Crippen molar-refractivity contribution in [2.75, 3.05) is 0 Å². The number of benzene rings is 2. The van der Waals surface area contributed by atoms with Gasteiger partial charge >= 0.3 is 0 Å². The molecule has 0 bridgehead atoms. The molecule has 0 aliphatic carbocycles. The normalized spacial score (nSPS) is 10.4. The van der Waals surface area contributed by atoms with Gasteiger partial charge in [-0.2, -0.15) is 0 Å². The Labute approximate surface area is 116 Å². The molecule has 0 unspecified atom stereocenters. The molecule has 0 saturated carbocycles. The fourth-order valence-corrected chi connectivity index (χ4v) is 2.00. The molecule has 0 aliphatic rings. The lowest BCUT2D eigenvalue weighted by Crippen LogP contribution is -1.89. The molecule has 0 spiro atoms. The lowest BCUT2D eigenvalue weighted by molar-refractivity contribution is 1.21. The van der Waals surface area contributed by atoms with E-state index in [4.69, 9.17) is 11.6 Å². The van der Waals surface area contributed by atoms with Gasteiger partial charge in [0.15, 0.2) is 0 Å². The van der Waals surface area contributed by atoms with Gasteiger partial charge in [0.2, 0.25) is 0 Å². The van der Waals surface area contributed by atoms with Gasteiger partial charge in [-0.1, -0.05) is 54.1 Å². The molecule has 0 amide bonds. The Morgan fingerprint density at radius 1 is 0.684 bits per heavy atom. The van der Waals surface area contributed by atoms with E-state index in [1.165, 1.54) is 0 Å². The van der Waals surface area contributed by atoms with E-state index in [-0.39, 0.29) is 0 Å². The van der Waals surface area contributed by atoms with Gasteiger partial charge in [-0.05, 0) is 12.1 Å². The average molecular weight is 267 g/mol. The van der Waals surface area contributed by atoms with Crippen LogP contribution in [0.15, 0.2) is 67.0 Å². The lowest BCUT2D eigenvalue weighted by atomic mass is 10.1. The largest absolute Gasteiger partial charge is 0.260 e. The Kier molecular flexibility index (Phi) is 3.25. The molecule has 0 aliphatic heterocycles. The van der Waals surface area contributed by atoms with E-state index in [0.717, 1.165) is 27.5 Å². The van der Waals surface area contributed by atoms with Gasteiger partial charge < -0.3 is 0 Å². The molecule has 3 aromatic rings. The molecule has 1 heterocycles. The van der Waals surface area contributed by atoms with Crippen LogP contribution in [-0.2, 0) is 0 Å². The van der Waals surface area contributed by atoms with E-state index in [0.29, 0.717) is 0 Å². The zero-order valence-electron chi connectivity index (χ0n) is 10.1. The predicted molar refractivity (Wildman–Crippen MR) is 77.9 cm³/mol. The van der Waals surface area contributed by atoms with E-state index < -0.39 is 0 Å². The van der Waals surface area contributed by atoms with Crippen molar-refractivity contribution in [1.82, 2.24) is 9.97 Å². The molecule has 2 aromatic carbocycles. The van der Waals surface area contributed by atoms with Crippen LogP contribution < -0.4 is 0 Å². The molecule has 1 aromatic heterocycles. The Morgan fingerprint density at radius 3 is 1.89 bits per heavy atom. The molecular formula is C16H11ClN2. The highest BCUT2D eigenvalue weighted by Gasteiger charge is 2.03. The minimum Gasteiger partial charge on any atom is -0.260 e. The summed E-state index contributed by atoms with van der Waals surface area (Å²) in [6.07, 6.45) is 3.53. The fraction of sp³-hybridized carbons (Fsp3) is 0. The van der Waals surface area contributed by atoms with Gasteiger partial charge in [-0.3, -0.25) is 4.98 Å². The summed E-state index contributed by atoms with van der Waals surface area (Å²) < 4.78 is 0. The topological polar surface area (TPSA) is 25.8 Å². The van der Waals surface area contributed by atoms with Crippen LogP contribution >= 0.6 is 11.6 Å². The van der Waals surface area contributed by atoms with Crippen LogP contribution in [0.5, 0.6) is 0 Å². The van der Waals surface area contributed by atoms with Gasteiger partial charge in [-0.15, -0.1) is 0 Å². The summed E-state index contributed by atoms with van der Waals surface area (Å²) in [5, 5.41) is 0.718. The van der Waals surface area contributed by atoms with Gasteiger partial charge in [0, 0.05) is 16.1 Å². The highest BCUT2D eigenvalue weighted by atomic mass is 35.5. The second-order valence-corrected chi connectivity index (χ2v) is 4.60. The Bertz CT molecular complexity index is 679. The number of aromatic nitrogens is 2. The molecule has 3 heteroatoms. The number of nitrogens with zero attached hydrogens (tertiary/aromatic N) is 2. The van der Waals surface area contributed by atoms with Crippen LogP contribution in [0.4, 0.5) is 0 Å². The lowest BCUT2D eigenvalue weighted by Gasteiger charge is -2.04. The predicted octanol–water partition coefficient (Wildman–Crippen LogP) is 4.46. The number of rotatable bonds is 2. The summed E-state index contributed by atoms with van der Waals surface area (Å²) >= 11 is 5.89. The molecular weight excluding hydrogens is 256 g/mol. The molecule has 0 fully saturated rings. The van der Waals surface area contributed by atoms with E-state index in [1.54, 1.807) is 12.4 Å². The molecule has 92 valence electrons. The molecule has 0 saturated heterocycles. The minimum absolute atomic E-state index is 0.718. The smallest absolute Gasteiger partial charge is 0.0892 e. The van der Waals surface area contributed by atoms with Crippen LogP contribution in [0.1, 0.15) is 0 Å². The molecule has 0 radical (unpaired) electrons. The van der Waals surface area contributed by atoms with Crippen LogP contribution in [0.2, 0.25) is 5.02 Å². The highest BCUT2D eigenvalue weighted by molar-refractivity contribution is 6.30. The maximum atomic E-state index is 5.89. The number of halogens is 1. The molecule has 0 N–H and O–H groups in total. The summed E-state index contributed by atoms with van der Waals surface area (Å²) in [6, 6.07) is 17.6. The third kappa shape index (κ3) is 2.64. The third-order valence-corrected chi connectivity index (χ3v) is 3.10. The Morgan fingerprint density at radius 2 is 1.26 bits per heavy atom. The maximum Gasteiger partial charge on any atom is 0.0892 e. The van der Waals surface area contributed by atoms with Crippen LogP contribution in [-0.4, -0.2) is 9.97 Å². The van der Waals surface area contributed by atoms with Crippen molar-refractivity contribution in [3.8, 4) is 22.5 Å². The van der Waals surface area contributed by atoms with Gasteiger partial charge in [0.25, 0.3) is 0 Å². The summed E-state index contributed by atoms with van der Waals surface area (Å²) in [7, 11) is 0. The Balaban J connectivity index is 2.03. The van der Waals surface area contributed by atoms with Crippen molar-refractivity contribution in [3.63, 3.8) is 0 Å². The van der Waals surface area contributed by atoms with Crippen LogP contribution in [0, 0.1) is 0 Å². The van der Waals surface area contributed by atoms with Gasteiger partial charge in [0.05, 0.1) is 23.8 Å². The SMILES string of the molecule is Clc1ccc(-c2cncc(-c3ccccc3)n2)cc1. The fourth-order valence-electron chi connectivity index (χ4n) is 1.87. The summed E-state index contributed by atoms with van der Waals surface area (Å²) in [5.74, 6) is 0. The molecule has 19 heavy (non-hydrogen) atoms. The van der Waals surface area contributed by atoms with Crippen LogP contribution in [0.25, 0.3) is 22.5 Å². The Hall–Kier alpha value is -2.19. The first kappa shape index (κ1) is 11.9. The van der Waals surface area contributed by atoms with Crippen molar-refractivity contribution in [2.45, 2.75) is 0 Å². The highest BCUT2D eigenvalue weighted by Crippen LogP contribution is 2.22. The van der Waals surface area contributed by atoms with Gasteiger partial charge in [-0.25, -0.2) is 4.98 Å². The van der Waals surface area contributed by atoms with E-state index in [1.807, 2.05) is 54.6 Å². The third-order valence-electron chi connectivity index (χ3n) is 2.84. The summed E-state index contributed by atoms with van der Waals surface area (Å²) in [6.45, 7) is 0. The monoisotopic (exact) mass is 266 g/mol. The van der Waals surface area contributed by atoms with E-state index in [9.17, 15) is 0 Å². The van der Waals surface area contributed by atoms with Gasteiger partial charge in [0.1, 0.15) is 0 Å². The zero-order valence-corrected chi connectivity index (χ0v) is 10.9. The molecule has 2 nitrogen and oxygen atoms in total. The first-order valence-corrected chi connectivity index (χ1v) is 6.34. The van der Waals surface area contributed by atoms with E-state index in [2.05, 4.69) is 9.97 Å². The van der Waals surface area contributed by atoms with Crippen molar-refractivity contribution in [2.24, 2.45) is 0 Å². The zero-order chi connectivity index (χ0) is 13.1. The van der Waals surface area contributed by atoms with Crippen molar-refractivity contribution < 1.29 is 0 Å². The van der Waals surface area contributed by atoms with E-state index >= 15 is 0 Å². The number of hydrogen-bond donors (Lipinski definition) is 0. The minimum atomic E-state index is 0.718. The van der Waals surface area contributed by atoms with Crippen molar-refractivity contribution >= 4 is 11.6 Å². The first-order chi connectivity index (χ1) is 9.33. The maximum absolute atomic E-state index is 5.89.